The van der Waals surface area contributed by atoms with Crippen LogP contribution in [0.1, 0.15) is 60.8 Å². The summed E-state index contributed by atoms with van der Waals surface area (Å²) in [6.45, 7) is 11.4. The van der Waals surface area contributed by atoms with E-state index in [2.05, 4.69) is 24.5 Å². The van der Waals surface area contributed by atoms with Crippen LogP contribution in [0, 0.1) is 5.41 Å². The number of nitrogens with one attached hydrogen (secondary N) is 2. The molecule has 0 heterocycles. The Balaban J connectivity index is 2.45. The predicted octanol–water partition coefficient (Wildman–Crippen LogP) is 2.59. The van der Waals surface area contributed by atoms with Gasteiger partial charge in [0.25, 0.3) is 0 Å². The van der Waals surface area contributed by atoms with E-state index in [-0.39, 0.29) is 17.4 Å². The van der Waals surface area contributed by atoms with Crippen molar-refractivity contribution in [3.63, 3.8) is 0 Å². The van der Waals surface area contributed by atoms with Crippen molar-refractivity contribution in [2.45, 2.75) is 78.5 Å². The molecule has 0 spiro atoms. The number of hydrogen-bond acceptors (Lipinski definition) is 3. The van der Waals surface area contributed by atoms with Crippen LogP contribution in [-0.4, -0.2) is 29.7 Å². The molecular weight excluding hydrogens is 256 g/mol. The van der Waals surface area contributed by atoms with E-state index in [1.807, 2.05) is 0 Å². The van der Waals surface area contributed by atoms with Crippen molar-refractivity contribution in [2.75, 3.05) is 0 Å². The molecule has 1 fully saturated rings. The lowest BCUT2D eigenvalue weighted by Crippen LogP contribution is -2.51. The van der Waals surface area contributed by atoms with Gasteiger partial charge in [-0.3, -0.25) is 4.79 Å². The van der Waals surface area contributed by atoms with Crippen LogP contribution in [0.15, 0.2) is 0 Å². The largest absolute Gasteiger partial charge is 0.444 e. The van der Waals surface area contributed by atoms with Crippen molar-refractivity contribution in [1.29, 1.82) is 0 Å². The Hall–Kier alpha value is -1.26. The summed E-state index contributed by atoms with van der Waals surface area (Å²) in [5.74, 6) is -0.157. The van der Waals surface area contributed by atoms with Crippen LogP contribution >= 0.6 is 0 Å². The normalized spacial score (nSPS) is 23.0. The van der Waals surface area contributed by atoms with Gasteiger partial charge >= 0.3 is 6.09 Å². The summed E-state index contributed by atoms with van der Waals surface area (Å²) >= 11 is 0. The van der Waals surface area contributed by atoms with Gasteiger partial charge in [-0.2, -0.15) is 0 Å². The van der Waals surface area contributed by atoms with Crippen LogP contribution in [0.25, 0.3) is 0 Å². The second kappa shape index (κ2) is 6.02. The molecule has 0 aromatic rings. The molecular formula is C15H28N2O3. The molecule has 2 amide bonds. The van der Waals surface area contributed by atoms with Crippen LogP contribution in [0.5, 0.6) is 0 Å². The summed E-state index contributed by atoms with van der Waals surface area (Å²) in [7, 11) is 0. The Morgan fingerprint density at radius 1 is 1.30 bits per heavy atom. The summed E-state index contributed by atoms with van der Waals surface area (Å²) < 4.78 is 5.14. The SMILES string of the molecule is CC(NC(=O)OC(C)(C)C)C(=O)NC1CCCC1(C)C. The van der Waals surface area contributed by atoms with E-state index in [1.165, 1.54) is 0 Å². The van der Waals surface area contributed by atoms with Gasteiger partial charge in [-0.05, 0) is 46.0 Å². The van der Waals surface area contributed by atoms with E-state index >= 15 is 0 Å². The lowest BCUT2D eigenvalue weighted by atomic mass is 9.87. The number of hydrogen-bond donors (Lipinski definition) is 2. The third-order valence-electron chi connectivity index (χ3n) is 3.70. The zero-order valence-corrected chi connectivity index (χ0v) is 13.5. The van der Waals surface area contributed by atoms with Gasteiger partial charge in [0.15, 0.2) is 0 Å². The highest BCUT2D eigenvalue weighted by atomic mass is 16.6. The van der Waals surface area contributed by atoms with Crippen LogP contribution < -0.4 is 10.6 Å². The first-order chi connectivity index (χ1) is 9.01. The van der Waals surface area contributed by atoms with E-state index < -0.39 is 17.7 Å². The number of carbonyl (C=O) groups excluding carboxylic acids is 2. The Labute approximate surface area is 121 Å². The molecule has 1 aliphatic carbocycles. The summed E-state index contributed by atoms with van der Waals surface area (Å²) in [5.41, 5.74) is -0.435. The topological polar surface area (TPSA) is 67.4 Å². The fourth-order valence-electron chi connectivity index (χ4n) is 2.44. The number of ether oxygens (including phenoxy) is 1. The standard InChI is InChI=1S/C15H28N2O3/c1-10(16-13(19)20-14(2,3)4)12(18)17-11-8-7-9-15(11,5)6/h10-11H,7-9H2,1-6H3,(H,16,19)(H,17,18). The first-order valence-electron chi connectivity index (χ1n) is 7.31. The molecule has 5 heteroatoms. The van der Waals surface area contributed by atoms with E-state index in [0.717, 1.165) is 19.3 Å². The zero-order valence-electron chi connectivity index (χ0n) is 13.5. The van der Waals surface area contributed by atoms with Crippen molar-refractivity contribution < 1.29 is 14.3 Å². The smallest absolute Gasteiger partial charge is 0.408 e. The fourth-order valence-corrected chi connectivity index (χ4v) is 2.44. The summed E-state index contributed by atoms with van der Waals surface area (Å²) in [4.78, 5) is 23.7. The van der Waals surface area contributed by atoms with Gasteiger partial charge in [-0.1, -0.05) is 20.3 Å². The Bertz CT molecular complexity index is 372. The first kappa shape index (κ1) is 16.8. The molecule has 0 aliphatic heterocycles. The number of amides is 2. The molecule has 20 heavy (non-hydrogen) atoms. The van der Waals surface area contributed by atoms with Gasteiger partial charge < -0.3 is 15.4 Å². The number of carbonyl (C=O) groups is 2. The minimum absolute atomic E-state index is 0.126. The zero-order chi connectivity index (χ0) is 15.6. The van der Waals surface area contributed by atoms with Crippen molar-refractivity contribution in [2.24, 2.45) is 5.41 Å². The second-order valence-corrected chi connectivity index (χ2v) is 7.31. The van der Waals surface area contributed by atoms with E-state index in [1.54, 1.807) is 27.7 Å². The average molecular weight is 284 g/mol. The fraction of sp³-hybridized carbons (Fsp3) is 0.867. The van der Waals surface area contributed by atoms with E-state index in [4.69, 9.17) is 4.74 Å². The minimum atomic E-state index is -0.596. The maximum atomic E-state index is 12.1. The molecule has 1 rings (SSSR count). The molecule has 2 atom stereocenters. The minimum Gasteiger partial charge on any atom is -0.444 e. The van der Waals surface area contributed by atoms with Crippen LogP contribution in [0.3, 0.4) is 0 Å². The highest BCUT2D eigenvalue weighted by Crippen LogP contribution is 2.37. The molecule has 1 saturated carbocycles. The predicted molar refractivity (Wildman–Crippen MR) is 78.4 cm³/mol. The molecule has 0 aromatic heterocycles. The Morgan fingerprint density at radius 2 is 1.90 bits per heavy atom. The van der Waals surface area contributed by atoms with Gasteiger partial charge in [0.2, 0.25) is 5.91 Å². The van der Waals surface area contributed by atoms with Gasteiger partial charge in [-0.15, -0.1) is 0 Å². The third-order valence-corrected chi connectivity index (χ3v) is 3.70. The molecule has 0 radical (unpaired) electrons. The van der Waals surface area contributed by atoms with Gasteiger partial charge in [0, 0.05) is 6.04 Å². The van der Waals surface area contributed by atoms with Crippen molar-refractivity contribution >= 4 is 12.0 Å². The average Bonchev–Trinajstić information content (AvgIpc) is 2.55. The molecule has 2 unspecified atom stereocenters. The number of rotatable bonds is 3. The van der Waals surface area contributed by atoms with Crippen molar-refractivity contribution in [3.8, 4) is 0 Å². The quantitative estimate of drug-likeness (QED) is 0.837. The maximum absolute atomic E-state index is 12.1. The van der Waals surface area contributed by atoms with Gasteiger partial charge in [0.1, 0.15) is 11.6 Å². The highest BCUT2D eigenvalue weighted by Gasteiger charge is 2.36. The summed E-state index contributed by atoms with van der Waals surface area (Å²) in [6.07, 6.45) is 2.68. The Morgan fingerprint density at radius 3 is 2.35 bits per heavy atom. The first-order valence-corrected chi connectivity index (χ1v) is 7.31. The molecule has 116 valence electrons. The van der Waals surface area contributed by atoms with E-state index in [9.17, 15) is 9.59 Å². The van der Waals surface area contributed by atoms with Gasteiger partial charge in [0.05, 0.1) is 0 Å². The van der Waals surface area contributed by atoms with Crippen LogP contribution in [0.4, 0.5) is 4.79 Å². The van der Waals surface area contributed by atoms with E-state index in [0.29, 0.717) is 0 Å². The molecule has 2 N–H and O–H groups in total. The lowest BCUT2D eigenvalue weighted by Gasteiger charge is -2.29. The molecule has 1 aliphatic rings. The van der Waals surface area contributed by atoms with Crippen molar-refractivity contribution in [3.05, 3.63) is 0 Å². The van der Waals surface area contributed by atoms with Crippen LogP contribution in [-0.2, 0) is 9.53 Å². The maximum Gasteiger partial charge on any atom is 0.408 e. The van der Waals surface area contributed by atoms with Gasteiger partial charge in [-0.25, -0.2) is 4.79 Å². The lowest BCUT2D eigenvalue weighted by molar-refractivity contribution is -0.124. The third kappa shape index (κ3) is 5.02. The molecule has 5 nitrogen and oxygen atoms in total. The Kier molecular flexibility index (Phi) is 5.05. The number of alkyl carbamates (subject to hydrolysis) is 1. The monoisotopic (exact) mass is 284 g/mol. The molecule has 0 aromatic carbocycles. The summed E-state index contributed by atoms with van der Waals surface area (Å²) in [5, 5.41) is 5.59. The molecule has 0 bridgehead atoms. The molecule has 0 saturated heterocycles. The van der Waals surface area contributed by atoms with Crippen LogP contribution in [0.2, 0.25) is 0 Å². The van der Waals surface area contributed by atoms with Crippen molar-refractivity contribution in [1.82, 2.24) is 10.6 Å². The summed E-state index contributed by atoms with van der Waals surface area (Å²) in [6, 6.07) is -0.417. The highest BCUT2D eigenvalue weighted by molar-refractivity contribution is 5.85. The second-order valence-electron chi connectivity index (χ2n) is 7.31.